The van der Waals surface area contributed by atoms with Gasteiger partial charge in [-0.05, 0) is 42.3 Å². The van der Waals surface area contributed by atoms with Gasteiger partial charge in [-0.1, -0.05) is 54.6 Å². The first-order chi connectivity index (χ1) is 13.1. The second kappa shape index (κ2) is 5.66. The molecule has 132 valence electrons. The summed E-state index contributed by atoms with van der Waals surface area (Å²) in [6.07, 6.45) is 3.91. The van der Waals surface area contributed by atoms with Gasteiger partial charge in [0.2, 0.25) is 9.84 Å². The van der Waals surface area contributed by atoms with Crippen molar-refractivity contribution >= 4 is 33.0 Å². The lowest BCUT2D eigenvalue weighted by atomic mass is 10.1. The van der Waals surface area contributed by atoms with Gasteiger partial charge in [0, 0.05) is 0 Å². The van der Waals surface area contributed by atoms with Crippen LogP contribution in [0, 0.1) is 6.92 Å². The molecule has 0 amide bonds. The SMILES string of the molecule is Cc1nc2cccc3c2n1-c1ccc(/C=C/c2ccccc2)cc1S3(=O)=O. The number of para-hydroxylation sites is 1. The fraction of sp³-hybridized carbons (Fsp3) is 0.0455. The van der Waals surface area contributed by atoms with Crippen LogP contribution >= 0.6 is 0 Å². The van der Waals surface area contributed by atoms with Crippen LogP contribution in [0.15, 0.2) is 76.5 Å². The summed E-state index contributed by atoms with van der Waals surface area (Å²) in [6.45, 7) is 1.90. The molecule has 2 heterocycles. The normalized spacial score (nSPS) is 14.6. The van der Waals surface area contributed by atoms with Crippen molar-refractivity contribution in [1.29, 1.82) is 0 Å². The highest BCUT2D eigenvalue weighted by atomic mass is 32.2. The Labute approximate surface area is 157 Å². The molecule has 1 aliphatic rings. The minimum atomic E-state index is -3.59. The number of hydrogen-bond acceptors (Lipinski definition) is 3. The van der Waals surface area contributed by atoms with E-state index in [-0.39, 0.29) is 0 Å². The number of nitrogens with zero attached hydrogens (tertiary/aromatic N) is 2. The average Bonchev–Trinajstić information content (AvgIpc) is 3.02. The molecular formula is C22H16N2O2S. The average molecular weight is 372 g/mol. The Balaban J connectivity index is 1.72. The van der Waals surface area contributed by atoms with Crippen molar-refractivity contribution in [2.75, 3.05) is 0 Å². The maximum atomic E-state index is 13.3. The zero-order chi connectivity index (χ0) is 18.6. The Morgan fingerprint density at radius 2 is 1.63 bits per heavy atom. The monoisotopic (exact) mass is 372 g/mol. The Morgan fingerprint density at radius 1 is 0.852 bits per heavy atom. The number of rotatable bonds is 2. The summed E-state index contributed by atoms with van der Waals surface area (Å²) in [7, 11) is -3.59. The van der Waals surface area contributed by atoms with E-state index in [1.54, 1.807) is 18.2 Å². The standard InChI is InChI=1S/C22H16N2O2S/c1-15-23-18-8-5-9-20-22(18)24(15)19-13-12-17(14-21(19)27(20,25)26)11-10-16-6-3-2-4-7-16/h2-14H,1H3/b11-10+. The smallest absolute Gasteiger partial charge is 0.210 e. The van der Waals surface area contributed by atoms with Crippen molar-refractivity contribution in [3.8, 4) is 5.69 Å². The first-order valence-electron chi connectivity index (χ1n) is 8.66. The van der Waals surface area contributed by atoms with Gasteiger partial charge in [-0.3, -0.25) is 4.57 Å². The molecule has 0 bridgehead atoms. The topological polar surface area (TPSA) is 52.0 Å². The maximum Gasteiger partial charge on any atom is 0.210 e. The molecule has 0 radical (unpaired) electrons. The van der Waals surface area contributed by atoms with E-state index in [0.717, 1.165) is 17.0 Å². The van der Waals surface area contributed by atoms with Crippen LogP contribution in [0.1, 0.15) is 17.0 Å². The summed E-state index contributed by atoms with van der Waals surface area (Å²) in [5.41, 5.74) is 3.93. The zero-order valence-corrected chi connectivity index (χ0v) is 15.4. The second-order valence-corrected chi connectivity index (χ2v) is 8.48. The molecule has 27 heavy (non-hydrogen) atoms. The van der Waals surface area contributed by atoms with Crippen LogP contribution in [0.5, 0.6) is 0 Å². The molecule has 3 aromatic carbocycles. The van der Waals surface area contributed by atoms with Crippen molar-refractivity contribution in [3.05, 3.63) is 83.7 Å². The molecule has 1 aliphatic heterocycles. The molecule has 5 heteroatoms. The fourth-order valence-electron chi connectivity index (χ4n) is 3.63. The Bertz CT molecular complexity index is 1330. The van der Waals surface area contributed by atoms with Crippen LogP contribution in [-0.2, 0) is 9.84 Å². The lowest BCUT2D eigenvalue weighted by molar-refractivity contribution is 0.594. The van der Waals surface area contributed by atoms with Crippen LogP contribution in [-0.4, -0.2) is 18.0 Å². The summed E-state index contributed by atoms with van der Waals surface area (Å²) in [5, 5.41) is 0. The molecule has 0 N–H and O–H groups in total. The van der Waals surface area contributed by atoms with Crippen LogP contribution in [0.3, 0.4) is 0 Å². The molecule has 0 fully saturated rings. The van der Waals surface area contributed by atoms with Gasteiger partial charge in [0.1, 0.15) is 5.82 Å². The molecule has 0 atom stereocenters. The van der Waals surface area contributed by atoms with E-state index in [1.807, 2.05) is 72.2 Å². The number of hydrogen-bond donors (Lipinski definition) is 0. The van der Waals surface area contributed by atoms with Gasteiger partial charge in [-0.2, -0.15) is 0 Å². The Hall–Kier alpha value is -3.18. The van der Waals surface area contributed by atoms with Crippen molar-refractivity contribution in [3.63, 3.8) is 0 Å². The summed E-state index contributed by atoms with van der Waals surface area (Å²) >= 11 is 0. The largest absolute Gasteiger partial charge is 0.294 e. The van der Waals surface area contributed by atoms with Gasteiger partial charge in [0.25, 0.3) is 0 Å². The predicted octanol–water partition coefficient (Wildman–Crippen LogP) is 4.65. The lowest BCUT2D eigenvalue weighted by Crippen LogP contribution is -2.15. The summed E-state index contributed by atoms with van der Waals surface area (Å²) in [5.74, 6) is 0.779. The third-order valence-electron chi connectivity index (χ3n) is 4.88. The highest BCUT2D eigenvalue weighted by molar-refractivity contribution is 7.92. The molecule has 0 saturated heterocycles. The minimum Gasteiger partial charge on any atom is -0.294 e. The minimum absolute atomic E-state index is 0.317. The fourth-order valence-corrected chi connectivity index (χ4v) is 5.30. The lowest BCUT2D eigenvalue weighted by Gasteiger charge is -2.20. The number of sulfone groups is 1. The number of aryl methyl sites for hydroxylation is 1. The van der Waals surface area contributed by atoms with Gasteiger partial charge in [-0.25, -0.2) is 13.4 Å². The third kappa shape index (κ3) is 2.35. The molecule has 0 aliphatic carbocycles. The molecule has 0 spiro atoms. The van der Waals surface area contributed by atoms with Crippen LogP contribution in [0.25, 0.3) is 28.9 Å². The maximum absolute atomic E-state index is 13.3. The van der Waals surface area contributed by atoms with E-state index >= 15 is 0 Å². The van der Waals surface area contributed by atoms with Gasteiger partial charge in [-0.15, -0.1) is 0 Å². The second-order valence-electron chi connectivity index (χ2n) is 6.59. The van der Waals surface area contributed by atoms with E-state index in [0.29, 0.717) is 26.5 Å². The first kappa shape index (κ1) is 16.0. The molecule has 5 rings (SSSR count). The van der Waals surface area contributed by atoms with Crippen LogP contribution in [0.2, 0.25) is 0 Å². The molecule has 4 nitrogen and oxygen atoms in total. The number of imidazole rings is 1. The summed E-state index contributed by atoms with van der Waals surface area (Å²) in [6, 6.07) is 20.7. The van der Waals surface area contributed by atoms with Gasteiger partial charge in [0.15, 0.2) is 0 Å². The van der Waals surface area contributed by atoms with Crippen molar-refractivity contribution in [2.24, 2.45) is 0 Å². The molecular weight excluding hydrogens is 356 g/mol. The molecule has 0 saturated carbocycles. The zero-order valence-electron chi connectivity index (χ0n) is 14.6. The van der Waals surface area contributed by atoms with Crippen molar-refractivity contribution in [2.45, 2.75) is 16.7 Å². The Kier molecular flexibility index (Phi) is 3.36. The highest BCUT2D eigenvalue weighted by Gasteiger charge is 2.32. The molecule has 1 aromatic heterocycles. The van der Waals surface area contributed by atoms with Gasteiger partial charge < -0.3 is 0 Å². The van der Waals surface area contributed by atoms with E-state index in [4.69, 9.17) is 0 Å². The van der Waals surface area contributed by atoms with E-state index in [9.17, 15) is 8.42 Å². The van der Waals surface area contributed by atoms with E-state index in [2.05, 4.69) is 4.98 Å². The number of aromatic nitrogens is 2. The first-order valence-corrected chi connectivity index (χ1v) is 10.1. The number of fused-ring (bicyclic) bond motifs is 2. The quantitative estimate of drug-likeness (QED) is 0.424. The van der Waals surface area contributed by atoms with Gasteiger partial charge in [0.05, 0.1) is 26.5 Å². The third-order valence-corrected chi connectivity index (χ3v) is 6.69. The predicted molar refractivity (Wildman–Crippen MR) is 107 cm³/mol. The molecule has 0 unspecified atom stereocenters. The molecule has 4 aromatic rings. The van der Waals surface area contributed by atoms with Crippen LogP contribution < -0.4 is 0 Å². The Morgan fingerprint density at radius 3 is 2.44 bits per heavy atom. The summed E-state index contributed by atoms with van der Waals surface area (Å²) < 4.78 is 28.4. The van der Waals surface area contributed by atoms with Crippen molar-refractivity contribution < 1.29 is 8.42 Å². The van der Waals surface area contributed by atoms with Crippen LogP contribution in [0.4, 0.5) is 0 Å². The van der Waals surface area contributed by atoms with Crippen molar-refractivity contribution in [1.82, 2.24) is 9.55 Å². The number of benzene rings is 3. The van der Waals surface area contributed by atoms with E-state index < -0.39 is 9.84 Å². The highest BCUT2D eigenvalue weighted by Crippen LogP contribution is 2.39. The van der Waals surface area contributed by atoms with E-state index in [1.165, 1.54) is 0 Å². The van der Waals surface area contributed by atoms with Gasteiger partial charge >= 0.3 is 0 Å². The summed E-state index contributed by atoms with van der Waals surface area (Å²) in [4.78, 5) is 5.17.